The van der Waals surface area contributed by atoms with Crippen molar-refractivity contribution in [2.75, 3.05) is 0 Å². The van der Waals surface area contributed by atoms with E-state index in [0.717, 1.165) is 0 Å². The molecule has 0 unspecified atom stereocenters. The Balaban J connectivity index is -0.00000000500. The molecular weight excluding hydrogens is 156 g/mol. The summed E-state index contributed by atoms with van der Waals surface area (Å²) in [7, 11) is 0. The third-order valence-corrected chi connectivity index (χ3v) is 0. The van der Waals surface area contributed by atoms with Gasteiger partial charge in [-0.1, -0.05) is 0 Å². The van der Waals surface area contributed by atoms with E-state index in [0.29, 0.717) is 0 Å². The first-order chi connectivity index (χ1) is 3.00. The average Bonchev–Trinajstić information content (AvgIpc) is 1.81. The smallest absolute Gasteiger partial charge is 0.512 e. The van der Waals surface area contributed by atoms with Crippen LogP contribution < -0.4 is 29.6 Å². The second-order valence-corrected chi connectivity index (χ2v) is 0. The minimum Gasteiger partial charge on any atom is -0.512 e. The summed E-state index contributed by atoms with van der Waals surface area (Å²) in [6, 6.07) is 0. The van der Waals surface area contributed by atoms with Crippen molar-refractivity contribution in [3.05, 3.63) is 19.7 Å². The van der Waals surface area contributed by atoms with Gasteiger partial charge in [-0.15, -0.1) is 0 Å². The van der Waals surface area contributed by atoms with Crippen LogP contribution in [0.5, 0.6) is 0 Å². The maximum atomic E-state index is 6.25. The van der Waals surface area contributed by atoms with Crippen molar-refractivity contribution < 1.29 is 46.6 Å². The molecule has 8 heavy (non-hydrogen) atoms. The van der Waals surface area contributed by atoms with Crippen LogP contribution in [0.3, 0.4) is 0 Å². The zero-order chi connectivity index (χ0) is 6.00. The molecule has 0 rings (SSSR count). The van der Waals surface area contributed by atoms with Crippen LogP contribution in [0.2, 0.25) is 0 Å². The van der Waals surface area contributed by atoms with Gasteiger partial charge in [0.25, 0.3) is 0 Å². The molecule has 0 bridgehead atoms. The van der Waals surface area contributed by atoms with Gasteiger partial charge in [0.2, 0.25) is 0 Å². The molecule has 0 heterocycles. The van der Waals surface area contributed by atoms with Crippen molar-refractivity contribution in [1.29, 1.82) is 15.8 Å². The van der Waals surface area contributed by atoms with Gasteiger partial charge in [0.15, 0.2) is 0 Å². The van der Waals surface area contributed by atoms with Gasteiger partial charge in [-0.2, -0.15) is 0 Å². The molecule has 0 aliphatic carbocycles. The van der Waals surface area contributed by atoms with E-state index in [1.165, 1.54) is 0 Å². The Morgan fingerprint density at radius 1 is 0.625 bits per heavy atom. The summed E-state index contributed by atoms with van der Waals surface area (Å²) in [5.41, 5.74) is 0. The second kappa shape index (κ2) is 2270000. The summed E-state index contributed by atoms with van der Waals surface area (Å²) in [5, 5.41) is 18.8. The Kier molecular flexibility index (Phi) is 12400000. The minimum atomic E-state index is 0. The Bertz CT molecular complexity index is 43.0. The minimum absolute atomic E-state index is 0. The summed E-state index contributed by atoms with van der Waals surface area (Å²) in [5.74, 6) is 0. The first-order valence-electron chi connectivity index (χ1n) is 0.671. The van der Waals surface area contributed by atoms with Crippen molar-refractivity contribution in [1.82, 2.24) is 0 Å². The van der Waals surface area contributed by atoms with Crippen LogP contribution >= 0.6 is 0 Å². The molecule has 0 N–H and O–H groups in total. The fourth-order valence-corrected chi connectivity index (χ4v) is 0. The molecule has 35 valence electrons. The summed E-state index contributed by atoms with van der Waals surface area (Å²) >= 11 is 0. The quantitative estimate of drug-likeness (QED) is 0.282. The fourth-order valence-electron chi connectivity index (χ4n) is 0. The molecule has 0 aliphatic heterocycles. The van der Waals surface area contributed by atoms with E-state index in [-0.39, 0.29) is 46.6 Å². The summed E-state index contributed by atoms with van der Waals surface area (Å²) in [6.07, 6.45) is 0. The summed E-state index contributed by atoms with van der Waals surface area (Å²) < 4.78 is 0. The molecule has 0 spiro atoms. The molecule has 0 fully saturated rings. The Labute approximate surface area is 81.7 Å². The zero-order valence-electron chi connectivity index (χ0n) is 4.22. The van der Waals surface area contributed by atoms with Crippen LogP contribution in [-0.4, -0.2) is 0 Å². The van der Waals surface area contributed by atoms with Crippen LogP contribution in [0.25, 0.3) is 0 Å². The van der Waals surface area contributed by atoms with Crippen molar-refractivity contribution in [2.24, 2.45) is 0 Å². The molecule has 0 atom stereocenters. The second-order valence-electron chi connectivity index (χ2n) is 0. The third-order valence-electron chi connectivity index (χ3n) is 0. The van der Waals surface area contributed by atoms with Crippen LogP contribution in [0.4, 0.5) is 0 Å². The van der Waals surface area contributed by atoms with Gasteiger partial charge in [-0.05, 0) is 0 Å². The fraction of sp³-hybridized carbons (Fsp3) is 0. The van der Waals surface area contributed by atoms with Gasteiger partial charge in [0.05, 0.1) is 0 Å². The molecule has 5 heteroatoms. The van der Waals surface area contributed by atoms with Crippen molar-refractivity contribution in [3.8, 4) is 0 Å². The van der Waals surface area contributed by atoms with E-state index in [4.69, 9.17) is 35.5 Å². The molecule has 0 amide bonds. The molecule has 0 saturated carbocycles. The first-order valence-corrected chi connectivity index (χ1v) is 0.671. The maximum Gasteiger partial charge on any atom is 2.00 e. The summed E-state index contributed by atoms with van der Waals surface area (Å²) in [4.78, 5) is 0. The van der Waals surface area contributed by atoms with E-state index in [9.17, 15) is 0 Å². The van der Waals surface area contributed by atoms with Gasteiger partial charge < -0.3 is 35.5 Å². The zero-order valence-corrected chi connectivity index (χ0v) is 7.40. The van der Waals surface area contributed by atoms with E-state index in [1.54, 1.807) is 0 Å². The largest absolute Gasteiger partial charge is 2.00 e. The first kappa shape index (κ1) is 43.7. The molecule has 0 aromatic heterocycles. The number of rotatable bonds is 0. The topological polar surface area (TPSA) is 71.4 Å². The van der Waals surface area contributed by atoms with Gasteiger partial charge in [-0.3, -0.25) is 0 Å². The standard InChI is InChI=1S/3CN.Mn.Na/c3*1-2;;/q3*-1;+2;+1. The predicted octanol–water partition coefficient (Wildman–Crippen LogP) is -2.71. The number of hydrogen-bond donors (Lipinski definition) is 0. The molecule has 3 nitrogen and oxygen atoms in total. The van der Waals surface area contributed by atoms with Gasteiger partial charge in [-0.25, -0.2) is 0 Å². The Morgan fingerprint density at radius 2 is 0.625 bits per heavy atom. The average molecular weight is 156 g/mol. The normalized spacial score (nSPS) is 0.750. The SMILES string of the molecule is [C-]#N.[C-]#N.[C-]#N.[Mn+2].[Na+]. The molecule has 0 aliphatic rings. The van der Waals surface area contributed by atoms with Crippen LogP contribution in [0.15, 0.2) is 0 Å². The molecular formula is C3MnN3Na. The monoisotopic (exact) mass is 156 g/mol. The maximum absolute atomic E-state index is 6.25. The third kappa shape index (κ3) is 1350000. The summed E-state index contributed by atoms with van der Waals surface area (Å²) in [6.45, 7) is 14.2. The Morgan fingerprint density at radius 3 is 0.625 bits per heavy atom. The molecule has 0 aromatic carbocycles. The van der Waals surface area contributed by atoms with E-state index in [2.05, 4.69) is 0 Å². The van der Waals surface area contributed by atoms with E-state index in [1.807, 2.05) is 0 Å². The van der Waals surface area contributed by atoms with Crippen molar-refractivity contribution >= 4 is 0 Å². The van der Waals surface area contributed by atoms with E-state index >= 15 is 0 Å². The van der Waals surface area contributed by atoms with Crippen molar-refractivity contribution in [3.63, 3.8) is 0 Å². The number of nitrogens with zero attached hydrogens (tertiary/aromatic N) is 3. The molecule has 0 saturated heterocycles. The van der Waals surface area contributed by atoms with Crippen molar-refractivity contribution in [2.45, 2.75) is 0 Å². The van der Waals surface area contributed by atoms with Gasteiger partial charge in [0.1, 0.15) is 0 Å². The van der Waals surface area contributed by atoms with Gasteiger partial charge in [0, 0.05) is 0 Å². The molecule has 1 radical (unpaired) electrons. The van der Waals surface area contributed by atoms with E-state index < -0.39 is 0 Å². The van der Waals surface area contributed by atoms with Crippen LogP contribution in [0.1, 0.15) is 0 Å². The van der Waals surface area contributed by atoms with Gasteiger partial charge >= 0.3 is 46.6 Å². The predicted molar refractivity (Wildman–Crippen MR) is 14.9 cm³/mol. The van der Waals surface area contributed by atoms with Crippen LogP contribution in [-0.2, 0) is 17.1 Å². The number of hydrogen-bond acceptors (Lipinski definition) is 3. The Hall–Kier alpha value is -0.0105. The molecule has 0 aromatic rings. The van der Waals surface area contributed by atoms with Crippen LogP contribution in [0, 0.1) is 35.5 Å².